The van der Waals surface area contributed by atoms with Crippen molar-refractivity contribution in [1.29, 1.82) is 0 Å². The molecule has 0 spiro atoms. The van der Waals surface area contributed by atoms with E-state index in [0.717, 1.165) is 36.3 Å². The first-order valence-corrected chi connectivity index (χ1v) is 11.6. The van der Waals surface area contributed by atoms with Crippen molar-refractivity contribution in [1.82, 2.24) is 0 Å². The van der Waals surface area contributed by atoms with Gasteiger partial charge in [0.05, 0.1) is 10.8 Å². The summed E-state index contributed by atoms with van der Waals surface area (Å²) < 4.78 is 0. The van der Waals surface area contributed by atoms with Crippen molar-refractivity contribution in [3.05, 3.63) is 54.1 Å². The van der Waals surface area contributed by atoms with Crippen molar-refractivity contribution in [2.24, 2.45) is 5.92 Å². The average molecular weight is 441 g/mol. The molecule has 2 aromatic carbocycles. The first-order chi connectivity index (χ1) is 15.0. The summed E-state index contributed by atoms with van der Waals surface area (Å²) in [6.07, 6.45) is 5.96. The minimum atomic E-state index is -1.00. The van der Waals surface area contributed by atoms with Gasteiger partial charge in [0, 0.05) is 22.2 Å². The van der Waals surface area contributed by atoms with Gasteiger partial charge in [-0.2, -0.15) is 0 Å². The fourth-order valence-corrected chi connectivity index (χ4v) is 4.67. The maximum absolute atomic E-state index is 12.7. The van der Waals surface area contributed by atoms with Crippen LogP contribution in [-0.4, -0.2) is 28.1 Å². The zero-order valence-electron chi connectivity index (χ0n) is 17.6. The van der Waals surface area contributed by atoms with Gasteiger partial charge in [0.2, 0.25) is 11.8 Å². The number of aromatic carboxylic acids is 1. The Morgan fingerprint density at radius 3 is 2.35 bits per heavy atom. The van der Waals surface area contributed by atoms with Crippen molar-refractivity contribution in [2.75, 3.05) is 10.6 Å². The third-order valence-corrected chi connectivity index (χ3v) is 6.78. The number of thioether (sulfide) groups is 1. The molecule has 0 saturated heterocycles. The lowest BCUT2D eigenvalue weighted by Gasteiger charge is -2.21. The van der Waals surface area contributed by atoms with E-state index in [1.807, 2.05) is 31.2 Å². The van der Waals surface area contributed by atoms with E-state index in [4.69, 9.17) is 5.11 Å². The molecule has 0 radical (unpaired) electrons. The van der Waals surface area contributed by atoms with Gasteiger partial charge in [0.25, 0.3) is 0 Å². The van der Waals surface area contributed by atoms with Crippen molar-refractivity contribution in [2.45, 2.75) is 55.6 Å². The van der Waals surface area contributed by atoms with Crippen LogP contribution in [0.4, 0.5) is 11.4 Å². The number of carboxylic acid groups (broad SMARTS) is 1. The molecule has 2 amide bonds. The molecule has 3 rings (SSSR count). The summed E-state index contributed by atoms with van der Waals surface area (Å²) in [6, 6.07) is 13.7. The van der Waals surface area contributed by atoms with Gasteiger partial charge in [-0.15, -0.1) is 11.8 Å². The zero-order chi connectivity index (χ0) is 22.2. The number of rotatable bonds is 8. The first kappa shape index (κ1) is 22.9. The molecule has 164 valence electrons. The fraction of sp³-hybridized carbons (Fsp3) is 0.375. The van der Waals surface area contributed by atoms with Gasteiger partial charge in [0.15, 0.2) is 0 Å². The Morgan fingerprint density at radius 1 is 1.00 bits per heavy atom. The fourth-order valence-electron chi connectivity index (χ4n) is 3.66. The second kappa shape index (κ2) is 11.0. The SMILES string of the molecule is CCC(Sc1cccc(NC(=O)C2CCCCC2)c1)C(=O)Nc1ccc(C(=O)O)cc1. The molecule has 0 heterocycles. The number of anilines is 2. The van der Waals surface area contributed by atoms with Gasteiger partial charge in [-0.1, -0.05) is 32.3 Å². The first-order valence-electron chi connectivity index (χ1n) is 10.7. The van der Waals surface area contributed by atoms with Crippen molar-refractivity contribution < 1.29 is 19.5 Å². The van der Waals surface area contributed by atoms with Crippen molar-refractivity contribution >= 4 is 40.9 Å². The molecule has 0 aromatic heterocycles. The van der Waals surface area contributed by atoms with Crippen LogP contribution in [-0.2, 0) is 9.59 Å². The lowest BCUT2D eigenvalue weighted by molar-refractivity contribution is -0.120. The van der Waals surface area contributed by atoms with Gasteiger partial charge < -0.3 is 15.7 Å². The van der Waals surface area contributed by atoms with Gasteiger partial charge in [-0.3, -0.25) is 9.59 Å². The number of nitrogens with one attached hydrogen (secondary N) is 2. The Hall–Kier alpha value is -2.80. The van der Waals surface area contributed by atoms with Crippen LogP contribution in [0.2, 0.25) is 0 Å². The van der Waals surface area contributed by atoms with Crippen LogP contribution in [0.3, 0.4) is 0 Å². The van der Waals surface area contributed by atoms with E-state index in [2.05, 4.69) is 10.6 Å². The van der Waals surface area contributed by atoms with Gasteiger partial charge in [-0.05, 0) is 61.7 Å². The molecule has 2 aromatic rings. The highest BCUT2D eigenvalue weighted by Gasteiger charge is 2.22. The maximum atomic E-state index is 12.7. The van der Waals surface area contributed by atoms with Crippen LogP contribution in [0.25, 0.3) is 0 Å². The van der Waals surface area contributed by atoms with E-state index in [1.54, 1.807) is 12.1 Å². The number of carboxylic acids is 1. The van der Waals surface area contributed by atoms with Crippen LogP contribution in [0.5, 0.6) is 0 Å². The predicted molar refractivity (Wildman–Crippen MR) is 124 cm³/mol. The van der Waals surface area contributed by atoms with E-state index in [0.29, 0.717) is 12.1 Å². The minimum absolute atomic E-state index is 0.0800. The lowest BCUT2D eigenvalue weighted by Crippen LogP contribution is -2.25. The summed E-state index contributed by atoms with van der Waals surface area (Å²) in [5, 5.41) is 14.5. The summed E-state index contributed by atoms with van der Waals surface area (Å²) in [7, 11) is 0. The third kappa shape index (κ3) is 6.59. The lowest BCUT2D eigenvalue weighted by atomic mass is 9.88. The molecular formula is C24H28N2O4S. The molecule has 1 saturated carbocycles. The summed E-state index contributed by atoms with van der Waals surface area (Å²) >= 11 is 1.44. The molecule has 0 aliphatic heterocycles. The van der Waals surface area contributed by atoms with Crippen LogP contribution in [0, 0.1) is 5.92 Å². The average Bonchev–Trinajstić information content (AvgIpc) is 2.78. The van der Waals surface area contributed by atoms with Crippen LogP contribution < -0.4 is 10.6 Å². The highest BCUT2D eigenvalue weighted by Crippen LogP contribution is 2.30. The molecule has 3 N–H and O–H groups in total. The smallest absolute Gasteiger partial charge is 0.335 e. The molecule has 1 aliphatic carbocycles. The normalized spacial score (nSPS) is 15.1. The number of carbonyl (C=O) groups excluding carboxylic acids is 2. The topological polar surface area (TPSA) is 95.5 Å². The molecule has 1 atom stereocenters. The molecule has 6 nitrogen and oxygen atoms in total. The number of amides is 2. The molecule has 1 aliphatic rings. The van der Waals surface area contributed by atoms with E-state index < -0.39 is 5.97 Å². The van der Waals surface area contributed by atoms with E-state index >= 15 is 0 Å². The Bertz CT molecular complexity index is 923. The van der Waals surface area contributed by atoms with Crippen molar-refractivity contribution in [3.8, 4) is 0 Å². The third-order valence-electron chi connectivity index (χ3n) is 5.42. The molecular weight excluding hydrogens is 412 g/mol. The Kier molecular flexibility index (Phi) is 8.12. The highest BCUT2D eigenvalue weighted by atomic mass is 32.2. The Morgan fingerprint density at radius 2 is 1.71 bits per heavy atom. The predicted octanol–water partition coefficient (Wildman–Crippen LogP) is 5.41. The molecule has 1 fully saturated rings. The second-order valence-corrected chi connectivity index (χ2v) is 9.01. The molecule has 0 bridgehead atoms. The van der Waals surface area contributed by atoms with Gasteiger partial charge in [-0.25, -0.2) is 4.79 Å². The number of hydrogen-bond acceptors (Lipinski definition) is 4. The van der Waals surface area contributed by atoms with Gasteiger partial charge >= 0.3 is 5.97 Å². The molecule has 1 unspecified atom stereocenters. The maximum Gasteiger partial charge on any atom is 0.335 e. The van der Waals surface area contributed by atoms with Crippen LogP contribution in [0.1, 0.15) is 55.8 Å². The van der Waals surface area contributed by atoms with Crippen molar-refractivity contribution in [3.63, 3.8) is 0 Å². The molecule has 7 heteroatoms. The Labute approximate surface area is 186 Å². The van der Waals surface area contributed by atoms with Gasteiger partial charge in [0.1, 0.15) is 0 Å². The largest absolute Gasteiger partial charge is 0.478 e. The standard InChI is InChI=1S/C24H28N2O4S/c1-2-21(23(28)25-18-13-11-17(12-14-18)24(29)30)31-20-10-6-9-19(15-20)26-22(27)16-7-4-3-5-8-16/h6,9-16,21H,2-5,7-8H2,1H3,(H,25,28)(H,26,27)(H,29,30). The van der Waals surface area contributed by atoms with E-state index in [-0.39, 0.29) is 28.5 Å². The second-order valence-electron chi connectivity index (χ2n) is 7.74. The minimum Gasteiger partial charge on any atom is -0.478 e. The Balaban J connectivity index is 1.60. The van der Waals surface area contributed by atoms with Crippen LogP contribution >= 0.6 is 11.8 Å². The summed E-state index contributed by atoms with van der Waals surface area (Å²) in [5.41, 5.74) is 1.48. The number of hydrogen-bond donors (Lipinski definition) is 3. The van der Waals surface area contributed by atoms with E-state index in [9.17, 15) is 14.4 Å². The molecule has 31 heavy (non-hydrogen) atoms. The van der Waals surface area contributed by atoms with E-state index in [1.165, 1.54) is 30.3 Å². The number of benzene rings is 2. The monoisotopic (exact) mass is 440 g/mol. The quantitative estimate of drug-likeness (QED) is 0.477. The highest BCUT2D eigenvalue weighted by molar-refractivity contribution is 8.00. The zero-order valence-corrected chi connectivity index (χ0v) is 18.4. The van der Waals surface area contributed by atoms with Crippen LogP contribution in [0.15, 0.2) is 53.4 Å². The summed E-state index contributed by atoms with van der Waals surface area (Å²) in [5.74, 6) is -0.981. The number of carbonyl (C=O) groups is 3. The summed E-state index contributed by atoms with van der Waals surface area (Å²) in [6.45, 7) is 1.94. The summed E-state index contributed by atoms with van der Waals surface area (Å²) in [4.78, 5) is 37.1.